The molecule has 1 N–H and O–H groups in total. The number of carbonyl (C=O) groups is 1. The van der Waals surface area contributed by atoms with Gasteiger partial charge in [0.25, 0.3) is 5.69 Å². The predicted molar refractivity (Wildman–Crippen MR) is 78.9 cm³/mol. The Hall–Kier alpha value is -2.57. The normalized spacial score (nSPS) is 23.1. The number of hydrogen-bond donors (Lipinski definition) is 1. The molecular weight excluding hydrogens is 288 g/mol. The summed E-state index contributed by atoms with van der Waals surface area (Å²) in [5.41, 5.74) is 1.78. The van der Waals surface area contributed by atoms with Crippen molar-refractivity contribution in [2.75, 3.05) is 7.11 Å². The Kier molecular flexibility index (Phi) is 3.48. The van der Waals surface area contributed by atoms with Crippen LogP contribution in [0.3, 0.4) is 0 Å². The van der Waals surface area contributed by atoms with Crippen LogP contribution in [0.1, 0.15) is 24.8 Å². The number of carboxylic acid groups (broad SMARTS) is 1. The molecule has 0 radical (unpaired) electrons. The number of ether oxygens (including phenoxy) is 1. The SMILES string of the molecule is COc1cc([N+](=O)[O-])ccc1C1=CC2CCC(C1)N2C(=O)O. The van der Waals surface area contributed by atoms with Crippen LogP contribution in [0.25, 0.3) is 5.57 Å². The van der Waals surface area contributed by atoms with Crippen LogP contribution in [0.15, 0.2) is 24.3 Å². The molecule has 0 spiro atoms. The highest BCUT2D eigenvalue weighted by molar-refractivity contribution is 5.77. The molecule has 7 nitrogen and oxygen atoms in total. The molecule has 0 aliphatic carbocycles. The predicted octanol–water partition coefficient (Wildman–Crippen LogP) is 2.90. The molecule has 1 aromatic carbocycles. The Morgan fingerprint density at radius 2 is 2.23 bits per heavy atom. The number of fused-ring (bicyclic) bond motifs is 2. The third-order valence-corrected chi connectivity index (χ3v) is 4.36. The molecule has 116 valence electrons. The molecule has 1 saturated heterocycles. The van der Waals surface area contributed by atoms with Gasteiger partial charge in [0, 0.05) is 17.7 Å². The topological polar surface area (TPSA) is 92.9 Å². The van der Waals surface area contributed by atoms with Crippen LogP contribution in [-0.2, 0) is 0 Å². The number of methoxy groups -OCH3 is 1. The minimum absolute atomic E-state index is 0.0212. The summed E-state index contributed by atoms with van der Waals surface area (Å²) in [7, 11) is 1.48. The van der Waals surface area contributed by atoms with E-state index in [0.717, 1.165) is 24.0 Å². The van der Waals surface area contributed by atoms with Crippen molar-refractivity contribution in [3.8, 4) is 5.75 Å². The molecule has 2 unspecified atom stereocenters. The fourth-order valence-corrected chi connectivity index (χ4v) is 3.39. The van der Waals surface area contributed by atoms with E-state index in [1.54, 1.807) is 6.07 Å². The molecule has 2 bridgehead atoms. The third kappa shape index (κ3) is 2.28. The molecule has 1 amide bonds. The van der Waals surface area contributed by atoms with Crippen LogP contribution in [0.2, 0.25) is 0 Å². The van der Waals surface area contributed by atoms with E-state index in [2.05, 4.69) is 0 Å². The highest BCUT2D eigenvalue weighted by atomic mass is 16.6. The molecule has 2 aliphatic rings. The van der Waals surface area contributed by atoms with Crippen molar-refractivity contribution in [1.82, 2.24) is 4.90 Å². The number of benzene rings is 1. The van der Waals surface area contributed by atoms with Crippen LogP contribution < -0.4 is 4.74 Å². The van der Waals surface area contributed by atoms with E-state index in [1.807, 2.05) is 6.08 Å². The first-order valence-electron chi connectivity index (χ1n) is 7.06. The quantitative estimate of drug-likeness (QED) is 0.684. The van der Waals surface area contributed by atoms with Gasteiger partial charge in [-0.2, -0.15) is 0 Å². The maximum Gasteiger partial charge on any atom is 0.408 e. The van der Waals surface area contributed by atoms with E-state index in [0.29, 0.717) is 12.2 Å². The van der Waals surface area contributed by atoms with Crippen LogP contribution >= 0.6 is 0 Å². The molecule has 0 aromatic heterocycles. The summed E-state index contributed by atoms with van der Waals surface area (Å²) in [6.45, 7) is 0. The van der Waals surface area contributed by atoms with Crippen LogP contribution in [0, 0.1) is 10.1 Å². The van der Waals surface area contributed by atoms with Crippen molar-refractivity contribution in [2.45, 2.75) is 31.3 Å². The number of amides is 1. The van der Waals surface area contributed by atoms with Crippen LogP contribution in [0.5, 0.6) is 5.75 Å². The van der Waals surface area contributed by atoms with Crippen molar-refractivity contribution in [1.29, 1.82) is 0 Å². The summed E-state index contributed by atoms with van der Waals surface area (Å²) < 4.78 is 5.28. The lowest BCUT2D eigenvalue weighted by Gasteiger charge is -2.32. The minimum Gasteiger partial charge on any atom is -0.496 e. The molecule has 7 heteroatoms. The van der Waals surface area contributed by atoms with E-state index in [9.17, 15) is 20.0 Å². The molecular formula is C15H16N2O5. The van der Waals surface area contributed by atoms with E-state index >= 15 is 0 Å². The number of nitro benzene ring substituents is 1. The first-order chi connectivity index (χ1) is 10.5. The summed E-state index contributed by atoms with van der Waals surface area (Å²) in [6.07, 6.45) is 3.32. The van der Waals surface area contributed by atoms with Gasteiger partial charge in [-0.15, -0.1) is 0 Å². The summed E-state index contributed by atoms with van der Waals surface area (Å²) in [4.78, 5) is 23.2. The van der Waals surface area contributed by atoms with Gasteiger partial charge in [0.05, 0.1) is 24.1 Å². The van der Waals surface area contributed by atoms with Crippen molar-refractivity contribution in [3.05, 3.63) is 40.0 Å². The van der Waals surface area contributed by atoms with Gasteiger partial charge in [0.2, 0.25) is 0 Å². The largest absolute Gasteiger partial charge is 0.496 e. The van der Waals surface area contributed by atoms with Gasteiger partial charge in [-0.25, -0.2) is 4.79 Å². The zero-order valence-corrected chi connectivity index (χ0v) is 12.1. The van der Waals surface area contributed by atoms with Crippen molar-refractivity contribution >= 4 is 17.4 Å². The molecule has 22 heavy (non-hydrogen) atoms. The smallest absolute Gasteiger partial charge is 0.408 e. The molecule has 1 aromatic rings. The first-order valence-corrected chi connectivity index (χ1v) is 7.06. The van der Waals surface area contributed by atoms with Crippen molar-refractivity contribution in [2.24, 2.45) is 0 Å². The second-order valence-electron chi connectivity index (χ2n) is 5.53. The van der Waals surface area contributed by atoms with E-state index in [1.165, 1.54) is 24.1 Å². The second kappa shape index (κ2) is 5.32. The Balaban J connectivity index is 1.97. The number of non-ortho nitro benzene ring substituents is 1. The van der Waals surface area contributed by atoms with Crippen molar-refractivity contribution < 1.29 is 19.6 Å². The van der Waals surface area contributed by atoms with E-state index in [4.69, 9.17) is 4.74 Å². The van der Waals surface area contributed by atoms with Gasteiger partial charge in [-0.05, 0) is 30.9 Å². The van der Waals surface area contributed by atoms with Crippen LogP contribution in [-0.4, -0.2) is 40.2 Å². The number of nitrogens with zero attached hydrogens (tertiary/aromatic N) is 2. The van der Waals surface area contributed by atoms with Gasteiger partial charge < -0.3 is 9.84 Å². The van der Waals surface area contributed by atoms with E-state index < -0.39 is 11.0 Å². The Labute approximate surface area is 126 Å². The van der Waals surface area contributed by atoms with E-state index in [-0.39, 0.29) is 17.8 Å². The summed E-state index contributed by atoms with van der Waals surface area (Å²) >= 11 is 0. The number of rotatable bonds is 3. The average Bonchev–Trinajstić information content (AvgIpc) is 2.77. The molecule has 2 aliphatic heterocycles. The first kappa shape index (κ1) is 14.4. The Morgan fingerprint density at radius 3 is 2.82 bits per heavy atom. The van der Waals surface area contributed by atoms with Gasteiger partial charge in [0.15, 0.2) is 0 Å². The summed E-state index contributed by atoms with van der Waals surface area (Å²) in [5, 5.41) is 20.1. The molecule has 3 rings (SSSR count). The fraction of sp³-hybridized carbons (Fsp3) is 0.400. The highest BCUT2D eigenvalue weighted by Gasteiger charge is 2.40. The van der Waals surface area contributed by atoms with Crippen LogP contribution in [0.4, 0.5) is 10.5 Å². The Bertz CT molecular complexity index is 670. The lowest BCUT2D eigenvalue weighted by molar-refractivity contribution is -0.384. The lowest BCUT2D eigenvalue weighted by Crippen LogP contribution is -2.42. The van der Waals surface area contributed by atoms with Gasteiger partial charge in [0.1, 0.15) is 5.75 Å². The van der Waals surface area contributed by atoms with Crippen molar-refractivity contribution in [3.63, 3.8) is 0 Å². The monoisotopic (exact) mass is 304 g/mol. The molecule has 2 atom stereocenters. The van der Waals surface area contributed by atoms with Gasteiger partial charge in [-0.3, -0.25) is 15.0 Å². The zero-order valence-electron chi connectivity index (χ0n) is 12.1. The molecule has 0 saturated carbocycles. The van der Waals surface area contributed by atoms with Gasteiger partial charge >= 0.3 is 6.09 Å². The second-order valence-corrected chi connectivity index (χ2v) is 5.53. The Morgan fingerprint density at radius 1 is 1.45 bits per heavy atom. The zero-order chi connectivity index (χ0) is 15.9. The average molecular weight is 304 g/mol. The maximum atomic E-state index is 11.3. The summed E-state index contributed by atoms with van der Waals surface area (Å²) in [5.74, 6) is 0.448. The fourth-order valence-electron chi connectivity index (χ4n) is 3.39. The number of hydrogen-bond acceptors (Lipinski definition) is 4. The van der Waals surface area contributed by atoms with Gasteiger partial charge in [-0.1, -0.05) is 6.08 Å². The standard InChI is InChI=1S/C15H16N2O5/c1-22-14-8-12(17(20)21)4-5-13(14)9-6-10-2-3-11(7-9)16(10)15(18)19/h4-6,8,10-11H,2-3,7H2,1H3,(H,18,19). The molecule has 1 fully saturated rings. The highest BCUT2D eigenvalue weighted by Crippen LogP contribution is 2.41. The maximum absolute atomic E-state index is 11.3. The lowest BCUT2D eigenvalue weighted by atomic mass is 9.94. The molecule has 2 heterocycles. The number of nitro groups is 1. The summed E-state index contributed by atoms with van der Waals surface area (Å²) in [6, 6.07) is 4.39. The minimum atomic E-state index is -0.890. The third-order valence-electron chi connectivity index (χ3n) is 4.36.